The SMILES string of the molecule is Cn1ccc2c(Oc3ccc(NC(=O)c4cn(-c5ccc(F)c(Cl)c5)c5ccccc5c4=O)cc3F)ccnc21. The lowest BCUT2D eigenvalue weighted by atomic mass is 10.1. The maximum absolute atomic E-state index is 15.0. The van der Waals surface area contributed by atoms with Gasteiger partial charge in [0, 0.05) is 48.5 Å². The van der Waals surface area contributed by atoms with Gasteiger partial charge in [-0.15, -0.1) is 0 Å². The van der Waals surface area contributed by atoms with Gasteiger partial charge in [-0.05, 0) is 54.6 Å². The fourth-order valence-electron chi connectivity index (χ4n) is 4.50. The molecule has 0 aliphatic heterocycles. The molecule has 0 radical (unpaired) electrons. The van der Waals surface area contributed by atoms with E-state index in [1.54, 1.807) is 41.1 Å². The van der Waals surface area contributed by atoms with Crippen LogP contribution >= 0.6 is 11.6 Å². The van der Waals surface area contributed by atoms with E-state index in [0.29, 0.717) is 22.6 Å². The van der Waals surface area contributed by atoms with E-state index < -0.39 is 23.0 Å². The average molecular weight is 557 g/mol. The smallest absolute Gasteiger partial charge is 0.261 e. The zero-order chi connectivity index (χ0) is 28.0. The molecule has 3 heterocycles. The molecule has 0 aliphatic rings. The first-order valence-electron chi connectivity index (χ1n) is 12.1. The first kappa shape index (κ1) is 25.3. The minimum atomic E-state index is -0.745. The Bertz CT molecular complexity index is 2020. The van der Waals surface area contributed by atoms with Gasteiger partial charge in [-0.1, -0.05) is 23.7 Å². The number of amides is 1. The number of aryl methyl sites for hydroxylation is 1. The molecule has 1 amide bonds. The first-order valence-corrected chi connectivity index (χ1v) is 12.5. The van der Waals surface area contributed by atoms with Crippen molar-refractivity contribution in [2.45, 2.75) is 0 Å². The Morgan fingerprint density at radius 1 is 0.950 bits per heavy atom. The van der Waals surface area contributed by atoms with Crippen molar-refractivity contribution in [2.24, 2.45) is 7.05 Å². The Kier molecular flexibility index (Phi) is 6.28. The van der Waals surface area contributed by atoms with Gasteiger partial charge in [0.05, 0.1) is 15.9 Å². The van der Waals surface area contributed by atoms with Crippen LogP contribution in [-0.4, -0.2) is 20.0 Å². The third kappa shape index (κ3) is 4.46. The van der Waals surface area contributed by atoms with Crippen LogP contribution in [-0.2, 0) is 7.05 Å². The highest BCUT2D eigenvalue weighted by atomic mass is 35.5. The Labute approximate surface area is 230 Å². The number of aromatic nitrogens is 3. The summed E-state index contributed by atoms with van der Waals surface area (Å²) in [6.07, 6.45) is 4.75. The predicted molar refractivity (Wildman–Crippen MR) is 150 cm³/mol. The summed E-state index contributed by atoms with van der Waals surface area (Å²) >= 11 is 5.98. The highest BCUT2D eigenvalue weighted by molar-refractivity contribution is 6.30. The zero-order valence-electron chi connectivity index (χ0n) is 20.9. The van der Waals surface area contributed by atoms with E-state index >= 15 is 4.39 Å². The van der Waals surface area contributed by atoms with Crippen LogP contribution in [0.25, 0.3) is 27.6 Å². The Morgan fingerprint density at radius 3 is 2.58 bits per heavy atom. The largest absolute Gasteiger partial charge is 0.453 e. The summed E-state index contributed by atoms with van der Waals surface area (Å²) in [5.41, 5.74) is 1.06. The molecule has 0 bridgehead atoms. The predicted octanol–water partition coefficient (Wildman–Crippen LogP) is 6.85. The molecule has 1 N–H and O–H groups in total. The molecular formula is C30H19ClF2N4O3. The van der Waals surface area contributed by atoms with E-state index in [-0.39, 0.29) is 27.4 Å². The van der Waals surface area contributed by atoms with Crippen molar-refractivity contribution in [3.8, 4) is 17.2 Å². The van der Waals surface area contributed by atoms with Crippen molar-refractivity contribution < 1.29 is 18.3 Å². The number of anilines is 1. The molecule has 40 heavy (non-hydrogen) atoms. The molecule has 198 valence electrons. The number of hydrogen-bond donors (Lipinski definition) is 1. The molecule has 0 atom stereocenters. The first-order chi connectivity index (χ1) is 19.3. The fraction of sp³-hybridized carbons (Fsp3) is 0.0333. The lowest BCUT2D eigenvalue weighted by molar-refractivity contribution is 0.102. The Morgan fingerprint density at radius 2 is 1.77 bits per heavy atom. The van der Waals surface area contributed by atoms with Gasteiger partial charge in [0.15, 0.2) is 11.6 Å². The molecule has 0 unspecified atom stereocenters. The summed E-state index contributed by atoms with van der Waals surface area (Å²) < 4.78 is 38.0. The summed E-state index contributed by atoms with van der Waals surface area (Å²) in [7, 11) is 1.84. The van der Waals surface area contributed by atoms with Gasteiger partial charge in [0.1, 0.15) is 22.8 Å². The Hall–Kier alpha value is -5.02. The second kappa shape index (κ2) is 9.94. The third-order valence-electron chi connectivity index (χ3n) is 6.47. The lowest BCUT2D eigenvalue weighted by Crippen LogP contribution is -2.23. The number of benzene rings is 3. The molecule has 6 aromatic rings. The van der Waals surface area contributed by atoms with E-state index in [0.717, 1.165) is 11.5 Å². The molecule has 3 aromatic carbocycles. The van der Waals surface area contributed by atoms with Crippen LogP contribution in [0.1, 0.15) is 10.4 Å². The van der Waals surface area contributed by atoms with Crippen LogP contribution in [0.2, 0.25) is 5.02 Å². The lowest BCUT2D eigenvalue weighted by Gasteiger charge is -2.14. The van der Waals surface area contributed by atoms with Crippen molar-refractivity contribution in [3.63, 3.8) is 0 Å². The molecule has 0 fully saturated rings. The van der Waals surface area contributed by atoms with Crippen molar-refractivity contribution in [2.75, 3.05) is 5.32 Å². The number of hydrogen-bond acceptors (Lipinski definition) is 4. The summed E-state index contributed by atoms with van der Waals surface area (Å²) in [6, 6.07) is 18.2. The molecule has 6 rings (SSSR count). The maximum Gasteiger partial charge on any atom is 0.261 e. The normalized spacial score (nSPS) is 11.2. The van der Waals surface area contributed by atoms with Crippen LogP contribution in [0.4, 0.5) is 14.5 Å². The van der Waals surface area contributed by atoms with E-state index in [1.165, 1.54) is 36.5 Å². The second-order valence-corrected chi connectivity index (χ2v) is 9.44. The van der Waals surface area contributed by atoms with E-state index in [1.807, 2.05) is 23.9 Å². The number of fused-ring (bicyclic) bond motifs is 2. The van der Waals surface area contributed by atoms with E-state index in [4.69, 9.17) is 16.3 Å². The summed E-state index contributed by atoms with van der Waals surface area (Å²) in [5, 5.41) is 3.47. The van der Waals surface area contributed by atoms with E-state index in [2.05, 4.69) is 10.3 Å². The molecular weight excluding hydrogens is 538 g/mol. The topological polar surface area (TPSA) is 78.1 Å². The number of rotatable bonds is 5. The number of para-hydroxylation sites is 1. The standard InChI is InChI=1S/C30H19ClF2N4O3/c1-36-13-11-20-26(10-12-34-29(20)36)40-27-9-6-17(14-24(27)33)35-30(39)21-16-37(18-7-8-23(32)22(31)15-18)25-5-3-2-4-19(25)28(21)38/h2-16H,1H3,(H,35,39). The van der Waals surface area contributed by atoms with Gasteiger partial charge in [-0.25, -0.2) is 13.8 Å². The quantitative estimate of drug-likeness (QED) is 0.252. The molecule has 0 saturated carbocycles. The summed E-state index contributed by atoms with van der Waals surface area (Å²) in [6.45, 7) is 0. The summed E-state index contributed by atoms with van der Waals surface area (Å²) in [5.74, 6) is -1.67. The highest BCUT2D eigenvalue weighted by Gasteiger charge is 2.18. The van der Waals surface area contributed by atoms with Gasteiger partial charge >= 0.3 is 0 Å². The Balaban J connectivity index is 1.32. The molecule has 0 saturated heterocycles. The van der Waals surface area contributed by atoms with Crippen LogP contribution in [0.3, 0.4) is 0 Å². The minimum Gasteiger partial charge on any atom is -0.453 e. The van der Waals surface area contributed by atoms with Crippen molar-refractivity contribution in [3.05, 3.63) is 124 Å². The number of nitrogens with zero attached hydrogens (tertiary/aromatic N) is 3. The van der Waals surface area contributed by atoms with Crippen molar-refractivity contribution >= 4 is 45.1 Å². The highest BCUT2D eigenvalue weighted by Crippen LogP contribution is 2.32. The molecule has 0 aliphatic carbocycles. The second-order valence-electron chi connectivity index (χ2n) is 9.03. The monoisotopic (exact) mass is 556 g/mol. The van der Waals surface area contributed by atoms with Crippen molar-refractivity contribution in [1.29, 1.82) is 0 Å². The average Bonchev–Trinajstić information content (AvgIpc) is 3.33. The maximum atomic E-state index is 15.0. The zero-order valence-corrected chi connectivity index (χ0v) is 21.6. The van der Waals surface area contributed by atoms with Crippen LogP contribution in [0.15, 0.2) is 96.2 Å². The number of nitrogens with one attached hydrogen (secondary N) is 1. The number of ether oxygens (including phenoxy) is 1. The molecule has 3 aromatic heterocycles. The number of carbonyl (C=O) groups excluding carboxylic acids is 1. The van der Waals surface area contributed by atoms with Gasteiger partial charge < -0.3 is 19.2 Å². The number of pyridine rings is 2. The van der Waals surface area contributed by atoms with Crippen LogP contribution in [0.5, 0.6) is 11.5 Å². The minimum absolute atomic E-state index is 0.0457. The van der Waals surface area contributed by atoms with E-state index in [9.17, 15) is 14.0 Å². The molecule has 10 heteroatoms. The van der Waals surface area contributed by atoms with Crippen LogP contribution < -0.4 is 15.5 Å². The van der Waals surface area contributed by atoms with Crippen LogP contribution in [0, 0.1) is 11.6 Å². The van der Waals surface area contributed by atoms with Crippen molar-refractivity contribution in [1.82, 2.24) is 14.1 Å². The van der Waals surface area contributed by atoms with Gasteiger partial charge in [-0.3, -0.25) is 9.59 Å². The van der Waals surface area contributed by atoms with Gasteiger partial charge in [0.25, 0.3) is 5.91 Å². The molecule has 0 spiro atoms. The van der Waals surface area contributed by atoms with Gasteiger partial charge in [0.2, 0.25) is 5.43 Å². The van der Waals surface area contributed by atoms with Gasteiger partial charge in [-0.2, -0.15) is 0 Å². The molecule has 7 nitrogen and oxygen atoms in total. The number of halogens is 3. The summed E-state index contributed by atoms with van der Waals surface area (Å²) in [4.78, 5) is 30.8. The third-order valence-corrected chi connectivity index (χ3v) is 6.76. The fourth-order valence-corrected chi connectivity index (χ4v) is 4.67. The number of carbonyl (C=O) groups is 1.